The summed E-state index contributed by atoms with van der Waals surface area (Å²) in [6.07, 6.45) is 4.76. The topological polar surface area (TPSA) is 32.8 Å². The standard InChI is InChI=1S/C13H24N2O2/c1-11-5-7-15(8-6-11)13(16)14(2)10-12-4-3-9-17-12/h11-12H,3-10H2,1-2H3. The molecule has 0 aliphatic carbocycles. The Balaban J connectivity index is 1.77. The SMILES string of the molecule is CC1CCN(C(=O)N(C)CC2CCCO2)CC1. The third kappa shape index (κ3) is 3.35. The quantitative estimate of drug-likeness (QED) is 0.739. The minimum absolute atomic E-state index is 0.174. The summed E-state index contributed by atoms with van der Waals surface area (Å²) in [6.45, 7) is 5.68. The van der Waals surface area contributed by atoms with E-state index in [4.69, 9.17) is 4.74 Å². The fourth-order valence-corrected chi connectivity index (χ4v) is 2.61. The van der Waals surface area contributed by atoms with E-state index >= 15 is 0 Å². The van der Waals surface area contributed by atoms with E-state index in [1.54, 1.807) is 0 Å². The number of likely N-dealkylation sites (N-methyl/N-ethyl adjacent to an activating group) is 1. The smallest absolute Gasteiger partial charge is 0.319 e. The van der Waals surface area contributed by atoms with Crippen LogP contribution in [0.25, 0.3) is 0 Å². The van der Waals surface area contributed by atoms with Crippen LogP contribution >= 0.6 is 0 Å². The molecule has 0 saturated carbocycles. The molecule has 1 unspecified atom stereocenters. The number of ether oxygens (including phenoxy) is 1. The van der Waals surface area contributed by atoms with Crippen LogP contribution in [0.4, 0.5) is 4.79 Å². The Morgan fingerprint density at radius 3 is 2.65 bits per heavy atom. The molecular weight excluding hydrogens is 216 g/mol. The second-order valence-electron chi connectivity index (χ2n) is 5.47. The van der Waals surface area contributed by atoms with Gasteiger partial charge in [-0.1, -0.05) is 6.92 Å². The number of hydrogen-bond donors (Lipinski definition) is 0. The molecule has 98 valence electrons. The number of carbonyl (C=O) groups is 1. The summed E-state index contributed by atoms with van der Waals surface area (Å²) in [6, 6.07) is 0.174. The highest BCUT2D eigenvalue weighted by Gasteiger charge is 2.25. The van der Waals surface area contributed by atoms with Crippen LogP contribution in [0.5, 0.6) is 0 Å². The zero-order chi connectivity index (χ0) is 12.3. The van der Waals surface area contributed by atoms with Gasteiger partial charge < -0.3 is 14.5 Å². The fourth-order valence-electron chi connectivity index (χ4n) is 2.61. The van der Waals surface area contributed by atoms with Gasteiger partial charge in [-0.3, -0.25) is 0 Å². The number of piperidine rings is 1. The van der Waals surface area contributed by atoms with E-state index < -0.39 is 0 Å². The Bertz CT molecular complexity index is 256. The first-order valence-corrected chi connectivity index (χ1v) is 6.78. The second-order valence-corrected chi connectivity index (χ2v) is 5.47. The van der Waals surface area contributed by atoms with Crippen molar-refractivity contribution in [3.05, 3.63) is 0 Å². The first kappa shape index (κ1) is 12.7. The van der Waals surface area contributed by atoms with Gasteiger partial charge in [0.2, 0.25) is 0 Å². The molecule has 4 nitrogen and oxygen atoms in total. The zero-order valence-electron chi connectivity index (χ0n) is 11.0. The predicted molar refractivity (Wildman–Crippen MR) is 67.0 cm³/mol. The van der Waals surface area contributed by atoms with Gasteiger partial charge >= 0.3 is 6.03 Å². The highest BCUT2D eigenvalue weighted by atomic mass is 16.5. The first-order chi connectivity index (χ1) is 8.16. The van der Waals surface area contributed by atoms with Crippen LogP contribution in [-0.4, -0.2) is 55.2 Å². The number of carbonyl (C=O) groups excluding carboxylic acids is 1. The summed E-state index contributed by atoms with van der Waals surface area (Å²) in [5.41, 5.74) is 0. The molecule has 1 atom stereocenters. The largest absolute Gasteiger partial charge is 0.376 e. The Kier molecular flexibility index (Phi) is 4.26. The fraction of sp³-hybridized carbons (Fsp3) is 0.923. The van der Waals surface area contributed by atoms with Crippen molar-refractivity contribution in [3.8, 4) is 0 Å². The van der Waals surface area contributed by atoms with Crippen molar-refractivity contribution in [2.75, 3.05) is 33.3 Å². The predicted octanol–water partition coefficient (Wildman–Crippen LogP) is 1.95. The number of rotatable bonds is 2. The summed E-state index contributed by atoms with van der Waals surface area (Å²) >= 11 is 0. The Morgan fingerprint density at radius 1 is 1.35 bits per heavy atom. The molecule has 0 N–H and O–H groups in total. The van der Waals surface area contributed by atoms with Crippen molar-refractivity contribution < 1.29 is 9.53 Å². The van der Waals surface area contributed by atoms with Crippen LogP contribution in [0, 0.1) is 5.92 Å². The summed E-state index contributed by atoms with van der Waals surface area (Å²) in [5, 5.41) is 0. The maximum Gasteiger partial charge on any atom is 0.319 e. The maximum absolute atomic E-state index is 12.2. The molecule has 2 heterocycles. The molecule has 2 aliphatic heterocycles. The van der Waals surface area contributed by atoms with E-state index in [0.29, 0.717) is 0 Å². The first-order valence-electron chi connectivity index (χ1n) is 6.78. The van der Waals surface area contributed by atoms with Crippen LogP contribution in [-0.2, 0) is 4.74 Å². The highest BCUT2D eigenvalue weighted by molar-refractivity contribution is 5.74. The average Bonchev–Trinajstić information content (AvgIpc) is 2.82. The van der Waals surface area contributed by atoms with Crippen LogP contribution in [0.15, 0.2) is 0 Å². The van der Waals surface area contributed by atoms with E-state index in [2.05, 4.69) is 6.92 Å². The lowest BCUT2D eigenvalue weighted by molar-refractivity contribution is 0.0770. The number of likely N-dealkylation sites (tertiary alicyclic amines) is 1. The summed E-state index contributed by atoms with van der Waals surface area (Å²) in [4.78, 5) is 16.0. The van der Waals surface area contributed by atoms with Gasteiger partial charge in [0.25, 0.3) is 0 Å². The number of urea groups is 1. The van der Waals surface area contributed by atoms with E-state index in [1.165, 1.54) is 0 Å². The zero-order valence-corrected chi connectivity index (χ0v) is 11.0. The molecule has 2 fully saturated rings. The molecule has 0 aromatic carbocycles. The van der Waals surface area contributed by atoms with Gasteiger partial charge in [-0.25, -0.2) is 4.79 Å². The number of hydrogen-bond acceptors (Lipinski definition) is 2. The third-order valence-corrected chi connectivity index (χ3v) is 3.88. The van der Waals surface area contributed by atoms with Gasteiger partial charge in [0.15, 0.2) is 0 Å². The Hall–Kier alpha value is -0.770. The van der Waals surface area contributed by atoms with Crippen LogP contribution in [0.1, 0.15) is 32.6 Å². The molecule has 17 heavy (non-hydrogen) atoms. The lowest BCUT2D eigenvalue weighted by Gasteiger charge is -2.34. The van der Waals surface area contributed by atoms with Crippen molar-refractivity contribution in [2.24, 2.45) is 5.92 Å². The average molecular weight is 240 g/mol. The minimum atomic E-state index is 0.174. The third-order valence-electron chi connectivity index (χ3n) is 3.88. The van der Waals surface area contributed by atoms with Crippen molar-refractivity contribution in [2.45, 2.75) is 38.7 Å². The molecule has 0 spiro atoms. The summed E-state index contributed by atoms with van der Waals surface area (Å²) in [5.74, 6) is 0.766. The molecule has 0 aromatic rings. The molecule has 2 saturated heterocycles. The lowest BCUT2D eigenvalue weighted by atomic mass is 10.00. The second kappa shape index (κ2) is 5.71. The molecule has 4 heteroatoms. The van der Waals surface area contributed by atoms with Gasteiger partial charge in [0, 0.05) is 33.3 Å². The van der Waals surface area contributed by atoms with Crippen molar-refractivity contribution >= 4 is 6.03 Å². The van der Waals surface area contributed by atoms with Gasteiger partial charge in [-0.05, 0) is 31.6 Å². The summed E-state index contributed by atoms with van der Waals surface area (Å²) < 4.78 is 5.57. The maximum atomic E-state index is 12.2. The van der Waals surface area contributed by atoms with Crippen molar-refractivity contribution in [3.63, 3.8) is 0 Å². The highest BCUT2D eigenvalue weighted by Crippen LogP contribution is 2.18. The van der Waals surface area contributed by atoms with Crippen LogP contribution in [0.3, 0.4) is 0 Å². The van der Waals surface area contributed by atoms with Crippen molar-refractivity contribution in [1.82, 2.24) is 9.80 Å². The van der Waals surface area contributed by atoms with Crippen LogP contribution in [0.2, 0.25) is 0 Å². The van der Waals surface area contributed by atoms with Gasteiger partial charge in [-0.15, -0.1) is 0 Å². The Morgan fingerprint density at radius 2 is 2.06 bits per heavy atom. The normalized spacial score (nSPS) is 26.2. The van der Waals surface area contributed by atoms with E-state index in [-0.39, 0.29) is 12.1 Å². The molecule has 0 bridgehead atoms. The van der Waals surface area contributed by atoms with Gasteiger partial charge in [-0.2, -0.15) is 0 Å². The molecule has 2 rings (SSSR count). The minimum Gasteiger partial charge on any atom is -0.376 e. The van der Waals surface area contributed by atoms with Crippen molar-refractivity contribution in [1.29, 1.82) is 0 Å². The molecule has 2 aliphatic rings. The van der Waals surface area contributed by atoms with Gasteiger partial charge in [0.1, 0.15) is 0 Å². The van der Waals surface area contributed by atoms with E-state index in [0.717, 1.165) is 57.8 Å². The molecular formula is C13H24N2O2. The Labute approximate surface area is 104 Å². The van der Waals surface area contributed by atoms with Gasteiger partial charge in [0.05, 0.1) is 6.10 Å². The lowest BCUT2D eigenvalue weighted by Crippen LogP contribution is -2.46. The molecule has 0 aromatic heterocycles. The van der Waals surface area contributed by atoms with E-state index in [1.807, 2.05) is 16.8 Å². The number of nitrogens with zero attached hydrogens (tertiary/aromatic N) is 2. The summed E-state index contributed by atoms with van der Waals surface area (Å²) in [7, 11) is 1.89. The molecule has 0 radical (unpaired) electrons. The van der Waals surface area contributed by atoms with Crippen LogP contribution < -0.4 is 0 Å². The molecule has 2 amide bonds. The van der Waals surface area contributed by atoms with E-state index in [9.17, 15) is 4.79 Å². The monoisotopic (exact) mass is 240 g/mol. The number of amides is 2.